The van der Waals surface area contributed by atoms with E-state index in [2.05, 4.69) is 27.9 Å². The minimum atomic E-state index is -0.519. The van der Waals surface area contributed by atoms with Gasteiger partial charge in [0.05, 0.1) is 18.9 Å². The Labute approximate surface area is 178 Å². The summed E-state index contributed by atoms with van der Waals surface area (Å²) in [5, 5.41) is 3.09. The van der Waals surface area contributed by atoms with E-state index in [4.69, 9.17) is 9.47 Å². The normalized spacial score (nSPS) is 16.2. The van der Waals surface area contributed by atoms with Crippen LogP contribution in [0.3, 0.4) is 0 Å². The van der Waals surface area contributed by atoms with Crippen LogP contribution < -0.4 is 14.8 Å². The molecule has 2 aromatic heterocycles. The molecule has 4 rings (SSSR count). The highest BCUT2D eigenvalue weighted by Crippen LogP contribution is 2.31. The average molecular weight is 429 g/mol. The standard InChI is InChI=1S/C22H21F2N3O2S/c1-13-3-2-6-28-19-9-15(4-5-17(19)23)16-10-20(25-11-18(16)24)26-21-7-14(12-30)8-22(27-21)29-13/h4-5,7-11,13,30H,2-3,6,12H2,1H3,(H,25,26,27). The van der Waals surface area contributed by atoms with Crippen molar-refractivity contribution in [3.05, 3.63) is 59.8 Å². The van der Waals surface area contributed by atoms with Crippen LogP contribution in [0.2, 0.25) is 0 Å². The number of pyridine rings is 2. The molecule has 8 heteroatoms. The van der Waals surface area contributed by atoms with Gasteiger partial charge in [-0.3, -0.25) is 0 Å². The van der Waals surface area contributed by atoms with Crippen molar-refractivity contribution in [1.29, 1.82) is 0 Å². The van der Waals surface area contributed by atoms with E-state index in [1.54, 1.807) is 6.07 Å². The largest absolute Gasteiger partial charge is 0.490 e. The maximum absolute atomic E-state index is 14.5. The average Bonchev–Trinajstić information content (AvgIpc) is 2.73. The van der Waals surface area contributed by atoms with Crippen LogP contribution in [0.15, 0.2) is 42.6 Å². The van der Waals surface area contributed by atoms with Crippen LogP contribution in [0.25, 0.3) is 11.1 Å². The third-order valence-corrected chi connectivity index (χ3v) is 5.10. The highest BCUT2D eigenvalue weighted by Gasteiger charge is 2.14. The fourth-order valence-electron chi connectivity index (χ4n) is 3.23. The Morgan fingerprint density at radius 1 is 1.13 bits per heavy atom. The molecule has 0 radical (unpaired) electrons. The first-order valence-corrected chi connectivity index (χ1v) is 10.3. The second-order valence-electron chi connectivity index (χ2n) is 7.10. The molecule has 0 spiro atoms. The number of thiol groups is 1. The smallest absolute Gasteiger partial charge is 0.215 e. The lowest BCUT2D eigenvalue weighted by atomic mass is 10.1. The second kappa shape index (κ2) is 8.87. The fourth-order valence-corrected chi connectivity index (χ4v) is 3.42. The molecular formula is C22H21F2N3O2S. The van der Waals surface area contributed by atoms with Crippen molar-refractivity contribution < 1.29 is 18.3 Å². The summed E-state index contributed by atoms with van der Waals surface area (Å²) in [5.41, 5.74) is 1.70. The van der Waals surface area contributed by atoms with Gasteiger partial charge in [-0.15, -0.1) is 0 Å². The molecule has 1 atom stereocenters. The highest BCUT2D eigenvalue weighted by molar-refractivity contribution is 7.79. The van der Waals surface area contributed by atoms with Crippen LogP contribution in [-0.4, -0.2) is 22.7 Å². The molecule has 30 heavy (non-hydrogen) atoms. The van der Waals surface area contributed by atoms with Gasteiger partial charge in [0.2, 0.25) is 5.88 Å². The summed E-state index contributed by atoms with van der Waals surface area (Å²) in [4.78, 5) is 8.59. The lowest BCUT2D eigenvalue weighted by Gasteiger charge is -2.17. The van der Waals surface area contributed by atoms with Gasteiger partial charge in [-0.25, -0.2) is 13.8 Å². The Morgan fingerprint density at radius 3 is 2.83 bits per heavy atom. The quantitative estimate of drug-likeness (QED) is 0.498. The molecule has 156 valence electrons. The van der Waals surface area contributed by atoms with Crippen LogP contribution in [0.4, 0.5) is 20.4 Å². The molecule has 1 N–H and O–H groups in total. The first kappa shape index (κ1) is 20.4. The van der Waals surface area contributed by atoms with Crippen molar-refractivity contribution in [2.75, 3.05) is 11.9 Å². The van der Waals surface area contributed by atoms with Gasteiger partial charge < -0.3 is 14.8 Å². The Balaban J connectivity index is 1.79. The highest BCUT2D eigenvalue weighted by atomic mass is 32.1. The predicted octanol–water partition coefficient (Wildman–Crippen LogP) is 5.54. The summed E-state index contributed by atoms with van der Waals surface area (Å²) in [6, 6.07) is 9.51. The molecule has 1 aliphatic heterocycles. The molecule has 5 nitrogen and oxygen atoms in total. The molecule has 6 bridgehead atoms. The molecule has 0 amide bonds. The van der Waals surface area contributed by atoms with E-state index >= 15 is 0 Å². The minimum Gasteiger partial charge on any atom is -0.490 e. The number of benzene rings is 1. The van der Waals surface area contributed by atoms with Crippen molar-refractivity contribution in [2.45, 2.75) is 31.6 Å². The number of ether oxygens (including phenoxy) is 2. The van der Waals surface area contributed by atoms with Gasteiger partial charge in [0.25, 0.3) is 0 Å². The number of anilines is 2. The van der Waals surface area contributed by atoms with E-state index < -0.39 is 11.6 Å². The van der Waals surface area contributed by atoms with Gasteiger partial charge in [0.1, 0.15) is 17.5 Å². The van der Waals surface area contributed by atoms with Crippen LogP contribution in [-0.2, 0) is 5.75 Å². The summed E-state index contributed by atoms with van der Waals surface area (Å²) in [5.74, 6) is 0.963. The SMILES string of the molecule is CC1CCCOc2cc(ccc2F)-c2cc(ncc2F)Nc2cc(CS)cc(n2)O1. The van der Waals surface area contributed by atoms with Crippen LogP contribution in [0.1, 0.15) is 25.3 Å². The molecule has 0 saturated carbocycles. The maximum Gasteiger partial charge on any atom is 0.215 e. The molecular weight excluding hydrogens is 408 g/mol. The third-order valence-electron chi connectivity index (χ3n) is 4.73. The van der Waals surface area contributed by atoms with E-state index in [9.17, 15) is 8.78 Å². The van der Waals surface area contributed by atoms with E-state index in [-0.39, 0.29) is 17.4 Å². The van der Waals surface area contributed by atoms with Crippen molar-refractivity contribution >= 4 is 24.3 Å². The zero-order valence-electron chi connectivity index (χ0n) is 16.4. The predicted molar refractivity (Wildman–Crippen MR) is 115 cm³/mol. The Hall–Kier alpha value is -2.87. The number of aromatic nitrogens is 2. The number of halogens is 2. The first-order valence-electron chi connectivity index (χ1n) is 9.65. The lowest BCUT2D eigenvalue weighted by molar-refractivity contribution is 0.186. The van der Waals surface area contributed by atoms with E-state index in [0.29, 0.717) is 48.3 Å². The van der Waals surface area contributed by atoms with Gasteiger partial charge in [-0.05, 0) is 55.2 Å². The summed E-state index contributed by atoms with van der Waals surface area (Å²) >= 11 is 4.35. The van der Waals surface area contributed by atoms with Crippen molar-refractivity contribution in [3.63, 3.8) is 0 Å². The van der Waals surface area contributed by atoms with Gasteiger partial charge in [-0.1, -0.05) is 6.07 Å². The molecule has 3 heterocycles. The second-order valence-corrected chi connectivity index (χ2v) is 7.41. The van der Waals surface area contributed by atoms with Gasteiger partial charge in [-0.2, -0.15) is 17.6 Å². The molecule has 1 aromatic carbocycles. The summed E-state index contributed by atoms with van der Waals surface area (Å²) in [6.45, 7) is 2.26. The van der Waals surface area contributed by atoms with Crippen LogP contribution >= 0.6 is 12.6 Å². The Kier molecular flexibility index (Phi) is 6.03. The molecule has 3 aromatic rings. The number of nitrogens with zero attached hydrogens (tertiary/aromatic N) is 2. The summed E-state index contributed by atoms with van der Waals surface area (Å²) < 4.78 is 40.2. The van der Waals surface area contributed by atoms with Crippen LogP contribution in [0.5, 0.6) is 11.6 Å². The monoisotopic (exact) mass is 429 g/mol. The van der Waals surface area contributed by atoms with Gasteiger partial charge >= 0.3 is 0 Å². The van der Waals surface area contributed by atoms with E-state index in [1.165, 1.54) is 18.2 Å². The maximum atomic E-state index is 14.5. The Bertz CT molecular complexity index is 1060. The zero-order valence-corrected chi connectivity index (χ0v) is 17.3. The van der Waals surface area contributed by atoms with E-state index in [0.717, 1.165) is 11.8 Å². The van der Waals surface area contributed by atoms with Crippen molar-refractivity contribution in [1.82, 2.24) is 9.97 Å². The summed E-state index contributed by atoms with van der Waals surface area (Å²) in [7, 11) is 0. The molecule has 0 saturated heterocycles. The number of rotatable bonds is 1. The fraction of sp³-hybridized carbons (Fsp3) is 0.273. The summed E-state index contributed by atoms with van der Waals surface area (Å²) in [6.07, 6.45) is 2.37. The molecule has 0 aliphatic carbocycles. The Morgan fingerprint density at radius 2 is 2.00 bits per heavy atom. The number of nitrogens with one attached hydrogen (secondary N) is 1. The first-order chi connectivity index (χ1) is 14.5. The van der Waals surface area contributed by atoms with Gasteiger partial charge in [0.15, 0.2) is 11.6 Å². The number of fused-ring (bicyclic) bond motifs is 7. The third kappa shape index (κ3) is 4.64. The lowest BCUT2D eigenvalue weighted by Crippen LogP contribution is -2.15. The molecule has 1 unspecified atom stereocenters. The van der Waals surface area contributed by atoms with Crippen molar-refractivity contribution in [2.24, 2.45) is 0 Å². The number of hydrogen-bond donors (Lipinski definition) is 2. The minimum absolute atomic E-state index is 0.0872. The van der Waals surface area contributed by atoms with E-state index in [1.807, 2.05) is 19.1 Å². The van der Waals surface area contributed by atoms with Crippen molar-refractivity contribution in [3.8, 4) is 22.8 Å². The molecule has 0 fully saturated rings. The zero-order chi connectivity index (χ0) is 21.1. The topological polar surface area (TPSA) is 56.3 Å². The van der Waals surface area contributed by atoms with Gasteiger partial charge in [0, 0.05) is 17.4 Å². The molecule has 1 aliphatic rings. The number of hydrogen-bond acceptors (Lipinski definition) is 6. The van der Waals surface area contributed by atoms with Crippen LogP contribution in [0, 0.1) is 11.6 Å².